The Morgan fingerprint density at radius 3 is 2.47 bits per heavy atom. The van der Waals surface area contributed by atoms with E-state index >= 15 is 0 Å². The molecule has 2 heterocycles. The van der Waals surface area contributed by atoms with Gasteiger partial charge in [0.05, 0.1) is 0 Å². The first kappa shape index (κ1) is 13.0. The van der Waals surface area contributed by atoms with Crippen LogP contribution in [0.5, 0.6) is 0 Å². The number of hydrogen-bond acceptors (Lipinski definition) is 4. The van der Waals surface area contributed by atoms with E-state index in [9.17, 15) is 0 Å². The summed E-state index contributed by atoms with van der Waals surface area (Å²) < 4.78 is 0. The molecule has 0 atom stereocenters. The molecule has 0 aliphatic carbocycles. The molecule has 0 aromatic carbocycles. The van der Waals surface area contributed by atoms with Crippen LogP contribution in [0.3, 0.4) is 0 Å². The van der Waals surface area contributed by atoms with Gasteiger partial charge >= 0.3 is 0 Å². The molecule has 0 amide bonds. The monoisotopic (exact) mass is 286 g/mol. The molecule has 2 rings (SSSR count). The average Bonchev–Trinajstić information content (AvgIpc) is 2.98. The quantitative estimate of drug-likeness (QED) is 0.720. The molecule has 5 heteroatoms. The smallest absolute Gasteiger partial charge is 0.117 e. The van der Waals surface area contributed by atoms with E-state index in [2.05, 4.69) is 27.7 Å². The maximum atomic E-state index is 5.66. The highest BCUT2D eigenvalue weighted by atomic mass is 35.5. The third kappa shape index (κ3) is 4.37. The maximum Gasteiger partial charge on any atom is 0.117 e. The van der Waals surface area contributed by atoms with Crippen molar-refractivity contribution >= 4 is 34.3 Å². The van der Waals surface area contributed by atoms with Gasteiger partial charge in [-0.3, -0.25) is 0 Å². The molecule has 0 N–H and O–H groups in total. The van der Waals surface area contributed by atoms with Gasteiger partial charge in [-0.05, 0) is 30.7 Å². The standard InChI is InChI=1S/C12H15ClN2S2/c13-8-2-7-12-15-14-11(17-12)6-1-4-10-5-3-9-16-10/h3,5,9H,1-2,4,6-8H2. The van der Waals surface area contributed by atoms with Crippen LogP contribution in [0.1, 0.15) is 27.7 Å². The molecule has 0 radical (unpaired) electrons. The molecule has 0 saturated carbocycles. The first-order valence-corrected chi connectivity index (χ1v) is 8.01. The number of hydrogen-bond donors (Lipinski definition) is 0. The molecule has 0 fully saturated rings. The Bertz CT molecular complexity index is 425. The summed E-state index contributed by atoms with van der Waals surface area (Å²) in [6, 6.07) is 4.30. The van der Waals surface area contributed by atoms with E-state index in [-0.39, 0.29) is 0 Å². The zero-order valence-corrected chi connectivity index (χ0v) is 12.0. The van der Waals surface area contributed by atoms with Crippen molar-refractivity contribution in [3.8, 4) is 0 Å². The van der Waals surface area contributed by atoms with Crippen molar-refractivity contribution in [3.05, 3.63) is 32.4 Å². The van der Waals surface area contributed by atoms with E-state index in [0.717, 1.165) is 42.1 Å². The van der Waals surface area contributed by atoms with Crippen LogP contribution in [-0.4, -0.2) is 16.1 Å². The molecular formula is C12H15ClN2S2. The van der Waals surface area contributed by atoms with Crippen LogP contribution in [-0.2, 0) is 19.3 Å². The zero-order chi connectivity index (χ0) is 11.9. The molecule has 2 aromatic rings. The number of aryl methyl sites for hydroxylation is 3. The fourth-order valence-corrected chi connectivity index (χ4v) is 3.39. The molecule has 17 heavy (non-hydrogen) atoms. The third-order valence-corrected chi connectivity index (χ3v) is 4.67. The zero-order valence-electron chi connectivity index (χ0n) is 9.56. The number of thiophene rings is 1. The highest BCUT2D eigenvalue weighted by Crippen LogP contribution is 2.16. The molecular weight excluding hydrogens is 272 g/mol. The van der Waals surface area contributed by atoms with Gasteiger partial charge in [0.15, 0.2) is 0 Å². The number of nitrogens with zero attached hydrogens (tertiary/aromatic N) is 2. The van der Waals surface area contributed by atoms with Crippen LogP contribution in [0.25, 0.3) is 0 Å². The van der Waals surface area contributed by atoms with Gasteiger partial charge in [0.1, 0.15) is 10.0 Å². The van der Waals surface area contributed by atoms with E-state index in [1.165, 1.54) is 4.88 Å². The van der Waals surface area contributed by atoms with Crippen LogP contribution in [0, 0.1) is 0 Å². The van der Waals surface area contributed by atoms with Gasteiger partial charge in [0.25, 0.3) is 0 Å². The molecule has 0 aliphatic rings. The number of rotatable bonds is 7. The van der Waals surface area contributed by atoms with Crippen molar-refractivity contribution in [2.45, 2.75) is 32.1 Å². The third-order valence-electron chi connectivity index (χ3n) is 2.43. The molecule has 0 saturated heterocycles. The van der Waals surface area contributed by atoms with Gasteiger partial charge in [-0.1, -0.05) is 6.07 Å². The van der Waals surface area contributed by atoms with Crippen molar-refractivity contribution in [2.75, 3.05) is 5.88 Å². The second kappa shape index (κ2) is 7.09. The Morgan fingerprint density at radius 1 is 1.06 bits per heavy atom. The lowest BCUT2D eigenvalue weighted by atomic mass is 10.2. The number of alkyl halides is 1. The first-order chi connectivity index (χ1) is 8.38. The predicted octanol–water partition coefficient (Wildman–Crippen LogP) is 3.95. The van der Waals surface area contributed by atoms with E-state index in [1.807, 2.05) is 11.3 Å². The highest BCUT2D eigenvalue weighted by molar-refractivity contribution is 7.11. The predicted molar refractivity (Wildman–Crippen MR) is 75.3 cm³/mol. The normalized spacial score (nSPS) is 10.9. The Kier molecular flexibility index (Phi) is 5.42. The Balaban J connectivity index is 1.73. The van der Waals surface area contributed by atoms with E-state index in [4.69, 9.17) is 11.6 Å². The van der Waals surface area contributed by atoms with E-state index in [1.54, 1.807) is 11.3 Å². The first-order valence-electron chi connectivity index (χ1n) is 5.78. The largest absolute Gasteiger partial charge is 0.149 e. The SMILES string of the molecule is ClCCCc1nnc(CCCc2cccs2)s1. The van der Waals surface area contributed by atoms with Crippen LogP contribution in [0.4, 0.5) is 0 Å². The van der Waals surface area contributed by atoms with Gasteiger partial charge in [0.2, 0.25) is 0 Å². The lowest BCUT2D eigenvalue weighted by Crippen LogP contribution is -1.87. The summed E-state index contributed by atoms with van der Waals surface area (Å²) in [4.78, 5) is 1.46. The van der Waals surface area contributed by atoms with Gasteiger partial charge in [0, 0.05) is 23.6 Å². The minimum atomic E-state index is 0.702. The maximum absolute atomic E-state index is 5.66. The second-order valence-electron chi connectivity index (χ2n) is 3.81. The minimum absolute atomic E-state index is 0.702. The molecule has 2 aromatic heterocycles. The highest BCUT2D eigenvalue weighted by Gasteiger charge is 2.04. The van der Waals surface area contributed by atoms with Crippen molar-refractivity contribution < 1.29 is 0 Å². The van der Waals surface area contributed by atoms with Gasteiger partial charge in [-0.15, -0.1) is 44.5 Å². The van der Waals surface area contributed by atoms with Gasteiger partial charge in [-0.25, -0.2) is 0 Å². The summed E-state index contributed by atoms with van der Waals surface area (Å²) in [7, 11) is 0. The van der Waals surface area contributed by atoms with Crippen molar-refractivity contribution in [1.29, 1.82) is 0 Å². The summed E-state index contributed by atoms with van der Waals surface area (Å²) >= 11 is 9.22. The molecule has 0 aliphatic heterocycles. The van der Waals surface area contributed by atoms with Gasteiger partial charge < -0.3 is 0 Å². The van der Waals surface area contributed by atoms with Crippen LogP contribution in [0.15, 0.2) is 17.5 Å². The molecule has 2 nitrogen and oxygen atoms in total. The Hall–Kier alpha value is -0.450. The Labute approximate surface area is 115 Å². The second-order valence-corrected chi connectivity index (χ2v) is 6.37. The number of halogens is 1. The topological polar surface area (TPSA) is 25.8 Å². The summed E-state index contributed by atoms with van der Waals surface area (Å²) in [5.74, 6) is 0.702. The minimum Gasteiger partial charge on any atom is -0.149 e. The Morgan fingerprint density at radius 2 is 1.82 bits per heavy atom. The average molecular weight is 287 g/mol. The van der Waals surface area contributed by atoms with Gasteiger partial charge in [-0.2, -0.15) is 0 Å². The van der Waals surface area contributed by atoms with Crippen LogP contribution in [0.2, 0.25) is 0 Å². The lowest BCUT2D eigenvalue weighted by molar-refractivity contribution is 0.802. The summed E-state index contributed by atoms with van der Waals surface area (Å²) in [6.45, 7) is 0. The van der Waals surface area contributed by atoms with Crippen LogP contribution < -0.4 is 0 Å². The van der Waals surface area contributed by atoms with Crippen LogP contribution >= 0.6 is 34.3 Å². The van der Waals surface area contributed by atoms with Crippen molar-refractivity contribution in [2.24, 2.45) is 0 Å². The summed E-state index contributed by atoms with van der Waals surface area (Å²) in [6.07, 6.45) is 5.30. The fourth-order valence-electron chi connectivity index (χ4n) is 1.58. The number of aromatic nitrogens is 2. The lowest BCUT2D eigenvalue weighted by Gasteiger charge is -1.94. The van der Waals surface area contributed by atoms with E-state index in [0.29, 0.717) is 5.88 Å². The van der Waals surface area contributed by atoms with Crippen molar-refractivity contribution in [1.82, 2.24) is 10.2 Å². The van der Waals surface area contributed by atoms with E-state index < -0.39 is 0 Å². The molecule has 0 unspecified atom stereocenters. The van der Waals surface area contributed by atoms with Crippen molar-refractivity contribution in [3.63, 3.8) is 0 Å². The summed E-state index contributed by atoms with van der Waals surface area (Å²) in [5.41, 5.74) is 0. The molecule has 92 valence electrons. The molecule has 0 bridgehead atoms. The summed E-state index contributed by atoms with van der Waals surface area (Å²) in [5, 5.41) is 12.8. The molecule has 0 spiro atoms. The fraction of sp³-hybridized carbons (Fsp3) is 0.500.